The number of likely N-dealkylation sites (tertiary alicyclic amines) is 1. The maximum absolute atomic E-state index is 12.4. The van der Waals surface area contributed by atoms with Crippen LogP contribution in [0.4, 0.5) is 0 Å². The normalized spacial score (nSPS) is 20.3. The summed E-state index contributed by atoms with van der Waals surface area (Å²) < 4.78 is 0. The molecule has 1 saturated heterocycles. The Morgan fingerprint density at radius 1 is 1.38 bits per heavy atom. The van der Waals surface area contributed by atoms with Gasteiger partial charge in [0.25, 0.3) is 0 Å². The number of benzene rings is 1. The van der Waals surface area contributed by atoms with Crippen molar-refractivity contribution in [3.63, 3.8) is 0 Å². The number of piperidine rings is 1. The molecule has 1 fully saturated rings. The first-order valence-corrected chi connectivity index (χ1v) is 7.94. The van der Waals surface area contributed by atoms with Gasteiger partial charge in [-0.1, -0.05) is 24.3 Å². The van der Waals surface area contributed by atoms with E-state index in [1.807, 2.05) is 12.1 Å². The van der Waals surface area contributed by atoms with E-state index in [1.54, 1.807) is 0 Å². The number of hydrogen-bond donors (Lipinski definition) is 1. The summed E-state index contributed by atoms with van der Waals surface area (Å²) in [5.74, 6) is 0.667. The fraction of sp³-hybridized carbons (Fsp3) is 0.611. The number of nitrogens with one attached hydrogen (secondary N) is 1. The van der Waals surface area contributed by atoms with Crippen molar-refractivity contribution in [2.24, 2.45) is 5.92 Å². The molecule has 1 N–H and O–H groups in total. The van der Waals surface area contributed by atoms with E-state index in [0.29, 0.717) is 12.3 Å². The van der Waals surface area contributed by atoms with Gasteiger partial charge in [0.05, 0.1) is 5.54 Å². The highest BCUT2D eigenvalue weighted by molar-refractivity contribution is 5.77. The highest BCUT2D eigenvalue weighted by atomic mass is 16.1. The molecule has 21 heavy (non-hydrogen) atoms. The van der Waals surface area contributed by atoms with Crippen LogP contribution in [0.1, 0.15) is 44.2 Å². The van der Waals surface area contributed by atoms with E-state index in [9.17, 15) is 4.79 Å². The van der Waals surface area contributed by atoms with E-state index < -0.39 is 0 Å². The van der Waals surface area contributed by atoms with Crippen molar-refractivity contribution >= 4 is 5.91 Å². The first-order valence-electron chi connectivity index (χ1n) is 7.94. The van der Waals surface area contributed by atoms with E-state index >= 15 is 0 Å². The van der Waals surface area contributed by atoms with Gasteiger partial charge in [-0.25, -0.2) is 0 Å². The second kappa shape index (κ2) is 6.61. The maximum Gasteiger partial charge on any atom is 0.220 e. The molecule has 3 nitrogen and oxygen atoms in total. The van der Waals surface area contributed by atoms with E-state index in [4.69, 9.17) is 0 Å². The SMILES string of the molecule is Cc1ccccc1C(C)(C)NC(=O)C[C@@H]1CCCN(C)C1. The average Bonchev–Trinajstić information content (AvgIpc) is 2.38. The fourth-order valence-electron chi connectivity index (χ4n) is 3.44. The van der Waals surface area contributed by atoms with E-state index in [1.165, 1.54) is 24.0 Å². The lowest BCUT2D eigenvalue weighted by molar-refractivity contribution is -0.124. The Hall–Kier alpha value is -1.35. The molecule has 3 heteroatoms. The van der Waals surface area contributed by atoms with Gasteiger partial charge in [-0.3, -0.25) is 4.79 Å². The quantitative estimate of drug-likeness (QED) is 0.923. The van der Waals surface area contributed by atoms with Crippen LogP contribution in [0.3, 0.4) is 0 Å². The molecular formula is C18H28N2O. The molecule has 1 aliphatic rings. The summed E-state index contributed by atoms with van der Waals surface area (Å²) in [5, 5.41) is 3.22. The van der Waals surface area contributed by atoms with Crippen LogP contribution < -0.4 is 5.32 Å². The molecule has 0 unspecified atom stereocenters. The molecule has 2 rings (SSSR count). The number of aryl methyl sites for hydroxylation is 1. The highest BCUT2D eigenvalue weighted by Gasteiger charge is 2.26. The van der Waals surface area contributed by atoms with Gasteiger partial charge in [-0.05, 0) is 64.3 Å². The van der Waals surface area contributed by atoms with Crippen molar-refractivity contribution in [3.05, 3.63) is 35.4 Å². The standard InChI is InChI=1S/C18H28N2O/c1-14-8-5-6-10-16(14)18(2,3)19-17(21)12-15-9-7-11-20(4)13-15/h5-6,8,10,15H,7,9,11-13H2,1-4H3,(H,19,21)/t15-/m0/s1. The third kappa shape index (κ3) is 4.31. The van der Waals surface area contributed by atoms with Crippen LogP contribution in [-0.2, 0) is 10.3 Å². The molecule has 1 heterocycles. The first-order chi connectivity index (χ1) is 9.88. The molecule has 0 aromatic heterocycles. The minimum Gasteiger partial charge on any atom is -0.347 e. The van der Waals surface area contributed by atoms with Crippen LogP contribution in [0.25, 0.3) is 0 Å². The van der Waals surface area contributed by atoms with Crippen molar-refractivity contribution in [1.29, 1.82) is 0 Å². The summed E-state index contributed by atoms with van der Waals surface area (Å²) in [6, 6.07) is 8.27. The number of rotatable bonds is 4. The third-order valence-corrected chi connectivity index (χ3v) is 4.47. The predicted octanol–water partition coefficient (Wildman–Crippen LogP) is 3.08. The lowest BCUT2D eigenvalue weighted by Gasteiger charge is -2.32. The Bertz CT molecular complexity index is 496. The zero-order valence-electron chi connectivity index (χ0n) is 13.8. The Kier molecular flexibility index (Phi) is 5.04. The summed E-state index contributed by atoms with van der Waals surface area (Å²) >= 11 is 0. The summed E-state index contributed by atoms with van der Waals surface area (Å²) in [4.78, 5) is 14.7. The Labute approximate surface area is 128 Å². The number of carbonyl (C=O) groups excluding carboxylic acids is 1. The average molecular weight is 288 g/mol. The summed E-state index contributed by atoms with van der Waals surface area (Å²) in [7, 11) is 2.14. The van der Waals surface area contributed by atoms with Gasteiger partial charge in [0, 0.05) is 13.0 Å². The minimum absolute atomic E-state index is 0.170. The molecule has 1 aromatic carbocycles. The van der Waals surface area contributed by atoms with Crippen LogP contribution in [-0.4, -0.2) is 30.9 Å². The molecule has 116 valence electrons. The predicted molar refractivity (Wildman–Crippen MR) is 87.2 cm³/mol. The van der Waals surface area contributed by atoms with E-state index in [-0.39, 0.29) is 11.4 Å². The zero-order valence-corrected chi connectivity index (χ0v) is 13.8. The van der Waals surface area contributed by atoms with Crippen molar-refractivity contribution in [1.82, 2.24) is 10.2 Å². The monoisotopic (exact) mass is 288 g/mol. The molecule has 1 amide bonds. The van der Waals surface area contributed by atoms with Gasteiger partial charge in [0.1, 0.15) is 0 Å². The summed E-state index contributed by atoms with van der Waals surface area (Å²) in [6.45, 7) is 8.46. The van der Waals surface area contributed by atoms with Gasteiger partial charge < -0.3 is 10.2 Å². The van der Waals surface area contributed by atoms with Crippen LogP contribution in [0.5, 0.6) is 0 Å². The highest BCUT2D eigenvalue weighted by Crippen LogP contribution is 2.24. The second-order valence-corrected chi connectivity index (χ2v) is 6.96. The smallest absolute Gasteiger partial charge is 0.220 e. The van der Waals surface area contributed by atoms with Gasteiger partial charge in [0.15, 0.2) is 0 Å². The van der Waals surface area contributed by atoms with Crippen LogP contribution in [0.2, 0.25) is 0 Å². The molecule has 0 radical (unpaired) electrons. The van der Waals surface area contributed by atoms with Crippen molar-refractivity contribution < 1.29 is 4.79 Å². The Morgan fingerprint density at radius 2 is 2.10 bits per heavy atom. The maximum atomic E-state index is 12.4. The van der Waals surface area contributed by atoms with Gasteiger partial charge in [-0.15, -0.1) is 0 Å². The molecule has 0 aliphatic carbocycles. The number of hydrogen-bond acceptors (Lipinski definition) is 2. The van der Waals surface area contributed by atoms with Gasteiger partial charge in [0.2, 0.25) is 5.91 Å². The molecule has 0 spiro atoms. The van der Waals surface area contributed by atoms with Gasteiger partial charge >= 0.3 is 0 Å². The number of carbonyl (C=O) groups is 1. The zero-order chi connectivity index (χ0) is 15.5. The molecule has 1 aromatic rings. The van der Waals surface area contributed by atoms with Crippen LogP contribution >= 0.6 is 0 Å². The van der Waals surface area contributed by atoms with Crippen molar-refractivity contribution in [3.8, 4) is 0 Å². The largest absolute Gasteiger partial charge is 0.347 e. The lowest BCUT2D eigenvalue weighted by atomic mass is 9.89. The lowest BCUT2D eigenvalue weighted by Crippen LogP contribution is -2.43. The van der Waals surface area contributed by atoms with Gasteiger partial charge in [-0.2, -0.15) is 0 Å². The Balaban J connectivity index is 1.96. The molecule has 0 saturated carbocycles. The molecular weight excluding hydrogens is 260 g/mol. The first kappa shape index (κ1) is 16.0. The second-order valence-electron chi connectivity index (χ2n) is 6.96. The summed E-state index contributed by atoms with van der Waals surface area (Å²) in [6.07, 6.45) is 3.01. The summed E-state index contributed by atoms with van der Waals surface area (Å²) in [5.41, 5.74) is 2.10. The Morgan fingerprint density at radius 3 is 2.76 bits per heavy atom. The third-order valence-electron chi connectivity index (χ3n) is 4.47. The van der Waals surface area contributed by atoms with Crippen LogP contribution in [0, 0.1) is 12.8 Å². The van der Waals surface area contributed by atoms with Crippen LogP contribution in [0.15, 0.2) is 24.3 Å². The van der Waals surface area contributed by atoms with Crippen molar-refractivity contribution in [2.75, 3.05) is 20.1 Å². The fourth-order valence-corrected chi connectivity index (χ4v) is 3.44. The van der Waals surface area contributed by atoms with E-state index in [2.05, 4.69) is 50.2 Å². The molecule has 1 atom stereocenters. The molecule has 0 bridgehead atoms. The minimum atomic E-state index is -0.316. The molecule has 1 aliphatic heterocycles. The number of amides is 1. The topological polar surface area (TPSA) is 32.3 Å². The van der Waals surface area contributed by atoms with Crippen molar-refractivity contribution in [2.45, 2.75) is 45.6 Å². The number of nitrogens with zero attached hydrogens (tertiary/aromatic N) is 1. The van der Waals surface area contributed by atoms with E-state index in [0.717, 1.165) is 13.1 Å².